The number of anilines is 2. The van der Waals surface area contributed by atoms with E-state index < -0.39 is 6.03 Å². The molecule has 0 aliphatic rings. The minimum absolute atomic E-state index is 0.0797. The molecule has 4 aromatic rings. The van der Waals surface area contributed by atoms with Crippen LogP contribution in [-0.2, 0) is 5.41 Å². The standard InChI is InChI=1S/C28H33N5O2/c1-18-10-9-11-20(14-18)29-26(35)30-23-15-19(28(5,6)17-27(2,3)4)16-24(25(23)34)33-31-21-12-7-8-13-22(21)32-33/h7-16,34H,17H2,1-6H3,(H2,29,30,35). The van der Waals surface area contributed by atoms with Gasteiger partial charge in [-0.15, -0.1) is 15.0 Å². The van der Waals surface area contributed by atoms with Gasteiger partial charge in [0, 0.05) is 5.69 Å². The minimum atomic E-state index is -0.443. The fourth-order valence-electron chi connectivity index (χ4n) is 4.66. The van der Waals surface area contributed by atoms with E-state index >= 15 is 0 Å². The summed E-state index contributed by atoms with van der Waals surface area (Å²) in [6.07, 6.45) is 0.896. The number of benzene rings is 3. The van der Waals surface area contributed by atoms with Gasteiger partial charge in [0.1, 0.15) is 16.7 Å². The molecule has 2 amide bonds. The second-order valence-electron chi connectivity index (χ2n) is 10.9. The Morgan fingerprint density at radius 3 is 2.17 bits per heavy atom. The van der Waals surface area contributed by atoms with E-state index in [0.717, 1.165) is 28.6 Å². The zero-order valence-corrected chi connectivity index (χ0v) is 21.2. The molecule has 3 N–H and O–H groups in total. The van der Waals surface area contributed by atoms with Crippen LogP contribution in [0.3, 0.4) is 0 Å². The van der Waals surface area contributed by atoms with E-state index in [-0.39, 0.29) is 16.6 Å². The van der Waals surface area contributed by atoms with Crippen LogP contribution in [0.5, 0.6) is 5.75 Å². The third-order valence-electron chi connectivity index (χ3n) is 5.87. The number of hydrogen-bond donors (Lipinski definition) is 3. The van der Waals surface area contributed by atoms with Crippen molar-refractivity contribution in [2.75, 3.05) is 10.6 Å². The summed E-state index contributed by atoms with van der Waals surface area (Å²) >= 11 is 0. The zero-order valence-electron chi connectivity index (χ0n) is 21.2. The first-order chi connectivity index (χ1) is 16.4. The van der Waals surface area contributed by atoms with Crippen LogP contribution in [-0.4, -0.2) is 26.1 Å². The van der Waals surface area contributed by atoms with Crippen LogP contribution in [0.1, 0.15) is 52.2 Å². The highest BCUT2D eigenvalue weighted by Gasteiger charge is 2.30. The smallest absolute Gasteiger partial charge is 0.323 e. The Labute approximate surface area is 206 Å². The van der Waals surface area contributed by atoms with E-state index in [9.17, 15) is 9.90 Å². The van der Waals surface area contributed by atoms with Crippen LogP contribution in [0.15, 0.2) is 60.7 Å². The molecule has 7 nitrogen and oxygen atoms in total. The summed E-state index contributed by atoms with van der Waals surface area (Å²) in [6, 6.07) is 18.4. The number of carbonyl (C=O) groups excluding carboxylic acids is 1. The van der Waals surface area contributed by atoms with Crippen molar-refractivity contribution in [3.8, 4) is 11.4 Å². The molecular weight excluding hydrogens is 438 g/mol. The molecule has 0 saturated heterocycles. The van der Waals surface area contributed by atoms with Gasteiger partial charge in [0.05, 0.1) is 5.69 Å². The SMILES string of the molecule is Cc1cccc(NC(=O)Nc2cc(C(C)(C)CC(C)(C)C)cc(-n3nc4ccccc4n3)c2O)c1. The number of amides is 2. The van der Waals surface area contributed by atoms with Crippen LogP contribution in [0.2, 0.25) is 0 Å². The van der Waals surface area contributed by atoms with Gasteiger partial charge in [0.15, 0.2) is 5.75 Å². The largest absolute Gasteiger partial charge is 0.504 e. The van der Waals surface area contributed by atoms with Crippen LogP contribution < -0.4 is 10.6 Å². The number of rotatable bonds is 5. The molecule has 0 spiro atoms. The fourth-order valence-corrected chi connectivity index (χ4v) is 4.66. The second kappa shape index (κ2) is 9.06. The number of aromatic hydroxyl groups is 1. The molecular formula is C28H33N5O2. The average Bonchev–Trinajstić information content (AvgIpc) is 3.17. The Hall–Kier alpha value is -3.87. The van der Waals surface area contributed by atoms with E-state index in [1.165, 1.54) is 4.80 Å². The number of carbonyl (C=O) groups is 1. The van der Waals surface area contributed by atoms with E-state index in [2.05, 4.69) is 55.4 Å². The topological polar surface area (TPSA) is 92.1 Å². The third kappa shape index (κ3) is 5.62. The van der Waals surface area contributed by atoms with Crippen LogP contribution in [0, 0.1) is 12.3 Å². The summed E-state index contributed by atoms with van der Waals surface area (Å²) in [6.45, 7) is 12.9. The summed E-state index contributed by atoms with van der Waals surface area (Å²) in [5, 5.41) is 26.0. The van der Waals surface area contributed by atoms with Crippen molar-refractivity contribution in [3.05, 3.63) is 71.8 Å². The maximum absolute atomic E-state index is 12.9. The molecule has 4 rings (SSSR count). The Kier molecular flexibility index (Phi) is 6.28. The maximum atomic E-state index is 12.9. The first-order valence-corrected chi connectivity index (χ1v) is 11.8. The molecule has 35 heavy (non-hydrogen) atoms. The Bertz CT molecular complexity index is 1350. The zero-order chi connectivity index (χ0) is 25.4. The lowest BCUT2D eigenvalue weighted by Crippen LogP contribution is -2.26. The van der Waals surface area contributed by atoms with Gasteiger partial charge in [-0.3, -0.25) is 0 Å². The summed E-state index contributed by atoms with van der Waals surface area (Å²) in [5.41, 5.74) is 4.66. The predicted molar refractivity (Wildman–Crippen MR) is 141 cm³/mol. The van der Waals surface area contributed by atoms with Gasteiger partial charge >= 0.3 is 6.03 Å². The number of aryl methyl sites for hydroxylation is 1. The Morgan fingerprint density at radius 1 is 0.914 bits per heavy atom. The van der Waals surface area contributed by atoms with E-state index in [0.29, 0.717) is 17.1 Å². The molecule has 1 heterocycles. The van der Waals surface area contributed by atoms with Crippen molar-refractivity contribution in [3.63, 3.8) is 0 Å². The molecule has 0 radical (unpaired) electrons. The van der Waals surface area contributed by atoms with Crippen LogP contribution in [0.4, 0.5) is 16.2 Å². The summed E-state index contributed by atoms with van der Waals surface area (Å²) in [4.78, 5) is 14.3. The average molecular weight is 472 g/mol. The van der Waals surface area contributed by atoms with Crippen molar-refractivity contribution in [1.29, 1.82) is 0 Å². The van der Waals surface area contributed by atoms with Gasteiger partial charge in [-0.25, -0.2) is 4.79 Å². The molecule has 0 aliphatic carbocycles. The number of nitrogens with one attached hydrogen (secondary N) is 2. The number of aromatic nitrogens is 3. The van der Waals surface area contributed by atoms with Crippen molar-refractivity contribution >= 4 is 28.4 Å². The molecule has 0 fully saturated rings. The number of nitrogens with zero attached hydrogens (tertiary/aromatic N) is 3. The normalized spacial score (nSPS) is 12.1. The molecule has 1 aromatic heterocycles. The number of phenols is 1. The maximum Gasteiger partial charge on any atom is 0.323 e. The second-order valence-corrected chi connectivity index (χ2v) is 10.9. The number of fused-ring (bicyclic) bond motifs is 1. The van der Waals surface area contributed by atoms with Gasteiger partial charge < -0.3 is 15.7 Å². The minimum Gasteiger partial charge on any atom is -0.504 e. The molecule has 0 saturated carbocycles. The van der Waals surface area contributed by atoms with Gasteiger partial charge in [0.2, 0.25) is 0 Å². The fraction of sp³-hybridized carbons (Fsp3) is 0.321. The molecule has 0 atom stereocenters. The van der Waals surface area contributed by atoms with Gasteiger partial charge in [-0.05, 0) is 71.7 Å². The van der Waals surface area contributed by atoms with E-state index in [4.69, 9.17) is 0 Å². The molecule has 182 valence electrons. The molecule has 0 unspecified atom stereocenters. The monoisotopic (exact) mass is 471 g/mol. The molecule has 0 aliphatic heterocycles. The molecule has 3 aromatic carbocycles. The first-order valence-electron chi connectivity index (χ1n) is 11.8. The van der Waals surface area contributed by atoms with E-state index in [1.54, 1.807) is 0 Å². The van der Waals surface area contributed by atoms with Crippen LogP contribution in [0.25, 0.3) is 16.7 Å². The molecule has 7 heteroatoms. The highest BCUT2D eigenvalue weighted by molar-refractivity contribution is 6.01. The Balaban J connectivity index is 1.77. The lowest BCUT2D eigenvalue weighted by molar-refractivity contribution is 0.262. The number of urea groups is 1. The predicted octanol–water partition coefficient (Wildman–Crippen LogP) is 6.79. The summed E-state index contributed by atoms with van der Waals surface area (Å²) in [5.74, 6) is -0.0972. The van der Waals surface area contributed by atoms with Gasteiger partial charge in [0.25, 0.3) is 0 Å². The molecule has 0 bridgehead atoms. The lowest BCUT2D eigenvalue weighted by atomic mass is 9.72. The van der Waals surface area contributed by atoms with Crippen LogP contribution >= 0.6 is 0 Å². The van der Waals surface area contributed by atoms with Gasteiger partial charge in [-0.1, -0.05) is 58.9 Å². The van der Waals surface area contributed by atoms with E-state index in [1.807, 2.05) is 67.6 Å². The Morgan fingerprint density at radius 2 is 1.57 bits per heavy atom. The highest BCUT2D eigenvalue weighted by atomic mass is 16.3. The number of hydrogen-bond acceptors (Lipinski definition) is 4. The third-order valence-corrected chi connectivity index (χ3v) is 5.87. The van der Waals surface area contributed by atoms with Crippen molar-refractivity contribution in [2.45, 2.75) is 53.4 Å². The number of phenolic OH excluding ortho intramolecular Hbond substituents is 1. The quantitative estimate of drug-likeness (QED) is 0.279. The first kappa shape index (κ1) is 24.3. The lowest BCUT2D eigenvalue weighted by Gasteiger charge is -2.33. The van der Waals surface area contributed by atoms with Crippen molar-refractivity contribution < 1.29 is 9.90 Å². The summed E-state index contributed by atoms with van der Waals surface area (Å²) in [7, 11) is 0. The highest BCUT2D eigenvalue weighted by Crippen LogP contribution is 2.41. The van der Waals surface area contributed by atoms with Crippen molar-refractivity contribution in [1.82, 2.24) is 15.0 Å². The van der Waals surface area contributed by atoms with Gasteiger partial charge in [-0.2, -0.15) is 0 Å². The summed E-state index contributed by atoms with van der Waals surface area (Å²) < 4.78 is 0. The van der Waals surface area contributed by atoms with Crippen molar-refractivity contribution in [2.24, 2.45) is 5.41 Å².